The number of aromatic nitrogens is 3. The zero-order valence-electron chi connectivity index (χ0n) is 41.4. The van der Waals surface area contributed by atoms with Gasteiger partial charge in [0, 0.05) is 54.7 Å². The topological polar surface area (TPSA) is 25.6 Å². The number of rotatable bonds is 2. The SMILES string of the molecule is [2H]c1c(-n2c3c([2H])c([2H])c([2H])c([2H])c3c3c([2H])c([2H])c([2H])c([2H])c32)c([2H])c2c([nH]c3c([2H])c([2H])c(-n4c5c([2H])c([2H])c([2H])c([2H])c5c5c([2H])c([2H])c([2H])c([2H])c54)c([2H])c32)c1[2H]. The molecule has 3 heterocycles. The lowest BCUT2D eigenvalue weighted by Gasteiger charge is -2.09. The Labute approximate surface area is 255 Å². The molecule has 0 aliphatic heterocycles. The molecule has 0 saturated carbocycles. The minimum absolute atomic E-state index is 0.317. The van der Waals surface area contributed by atoms with Crippen LogP contribution in [0.25, 0.3) is 76.8 Å². The van der Waals surface area contributed by atoms with Crippen molar-refractivity contribution in [3.05, 3.63) is 133 Å². The molecule has 39 heavy (non-hydrogen) atoms. The molecule has 0 fully saturated rings. The maximum absolute atomic E-state index is 9.67. The van der Waals surface area contributed by atoms with Crippen molar-refractivity contribution in [2.75, 3.05) is 0 Å². The fourth-order valence-corrected chi connectivity index (χ4v) is 4.99. The van der Waals surface area contributed by atoms with Crippen LogP contribution in [0.15, 0.2) is 133 Å². The van der Waals surface area contributed by atoms with Crippen molar-refractivity contribution < 1.29 is 30.2 Å². The zero-order chi connectivity index (χ0) is 44.6. The fourth-order valence-electron chi connectivity index (χ4n) is 4.99. The van der Waals surface area contributed by atoms with E-state index in [1.165, 1.54) is 0 Å². The monoisotopic (exact) mass is 519 g/mol. The van der Waals surface area contributed by atoms with Crippen LogP contribution < -0.4 is 0 Å². The van der Waals surface area contributed by atoms with E-state index in [1.54, 1.807) is 0 Å². The van der Waals surface area contributed by atoms with Gasteiger partial charge in [0.1, 0.15) is 0 Å². The average Bonchev–Trinajstić information content (AvgIpc) is 3.92. The number of hydrogen-bond donors (Lipinski definition) is 1. The summed E-state index contributed by atoms with van der Waals surface area (Å²) in [6.45, 7) is 0. The molecule has 9 aromatic rings. The van der Waals surface area contributed by atoms with Crippen molar-refractivity contribution in [3.8, 4) is 11.4 Å². The van der Waals surface area contributed by atoms with Gasteiger partial charge in [-0.05, 0) is 60.4 Å². The van der Waals surface area contributed by atoms with Crippen LogP contribution >= 0.6 is 0 Å². The number of hydrogen-bond acceptors (Lipinski definition) is 0. The highest BCUT2D eigenvalue weighted by atomic mass is 15.0. The summed E-state index contributed by atoms with van der Waals surface area (Å²) in [7, 11) is 0. The summed E-state index contributed by atoms with van der Waals surface area (Å²) >= 11 is 0. The highest BCUT2D eigenvalue weighted by Gasteiger charge is 2.15. The Morgan fingerprint density at radius 2 is 0.718 bits per heavy atom. The third-order valence-electron chi connectivity index (χ3n) is 6.61. The van der Waals surface area contributed by atoms with Crippen LogP contribution in [0.4, 0.5) is 0 Å². The first kappa shape index (κ1) is 8.89. The minimum Gasteiger partial charge on any atom is -0.355 e. The summed E-state index contributed by atoms with van der Waals surface area (Å²) in [5.41, 5.74) is -3.68. The summed E-state index contributed by atoms with van der Waals surface area (Å²) in [5, 5.41) is -2.21. The van der Waals surface area contributed by atoms with Gasteiger partial charge in [0.2, 0.25) is 0 Å². The Balaban J connectivity index is 1.54. The molecule has 0 atom stereocenters. The van der Waals surface area contributed by atoms with E-state index in [2.05, 4.69) is 4.98 Å². The molecular formula is C36H23N3. The molecule has 9 rings (SSSR count). The van der Waals surface area contributed by atoms with Gasteiger partial charge in [0.25, 0.3) is 0 Å². The van der Waals surface area contributed by atoms with Crippen LogP contribution in [-0.4, -0.2) is 14.1 Å². The summed E-state index contributed by atoms with van der Waals surface area (Å²) in [6.07, 6.45) is 0. The van der Waals surface area contributed by atoms with Crippen molar-refractivity contribution in [3.63, 3.8) is 0 Å². The largest absolute Gasteiger partial charge is 0.355 e. The molecule has 0 spiro atoms. The standard InChI is InChI=1S/C36H23N3/c1-5-13-33-25(9-1)26-10-2-6-14-34(26)38(33)23-17-19-31-29(21-23)30-22-24(18-20-32(30)37-31)39-35-15-7-3-11-27(35)28-12-4-8-16-36(28)39/h1-22,37H/i1D,2D,3D,4D,5D,6D,7D,8D,9D,10D,11D,12D,13D,14D,15D,16D,17D,18D,19D,20D,21D,22D. The number of nitrogens with zero attached hydrogens (tertiary/aromatic N) is 2. The van der Waals surface area contributed by atoms with Crippen LogP contribution in [-0.2, 0) is 0 Å². The van der Waals surface area contributed by atoms with Crippen LogP contribution in [0.1, 0.15) is 30.2 Å². The van der Waals surface area contributed by atoms with Crippen molar-refractivity contribution in [1.29, 1.82) is 0 Å². The first-order valence-electron chi connectivity index (χ1n) is 22.6. The minimum atomic E-state index is -0.781. The molecule has 0 saturated heterocycles. The molecule has 3 nitrogen and oxygen atoms in total. The molecule has 182 valence electrons. The van der Waals surface area contributed by atoms with Gasteiger partial charge in [0.15, 0.2) is 0 Å². The third kappa shape index (κ3) is 2.82. The van der Waals surface area contributed by atoms with E-state index >= 15 is 0 Å². The second kappa shape index (κ2) is 7.62. The van der Waals surface area contributed by atoms with Gasteiger partial charge in [-0.3, -0.25) is 0 Å². The molecule has 0 bridgehead atoms. The van der Waals surface area contributed by atoms with Gasteiger partial charge in [-0.1, -0.05) is 72.5 Å². The Morgan fingerprint density at radius 3 is 1.08 bits per heavy atom. The summed E-state index contributed by atoms with van der Waals surface area (Å²) < 4.78 is 196. The van der Waals surface area contributed by atoms with Crippen molar-refractivity contribution >= 4 is 65.4 Å². The molecule has 0 aliphatic rings. The molecule has 6 aromatic carbocycles. The van der Waals surface area contributed by atoms with Crippen molar-refractivity contribution in [1.82, 2.24) is 14.1 Å². The number of nitrogens with one attached hydrogen (secondary N) is 1. The Morgan fingerprint density at radius 1 is 0.385 bits per heavy atom. The Kier molecular flexibility index (Phi) is 1.74. The van der Waals surface area contributed by atoms with Crippen molar-refractivity contribution in [2.24, 2.45) is 0 Å². The maximum atomic E-state index is 9.67. The van der Waals surface area contributed by atoms with Gasteiger partial charge in [-0.2, -0.15) is 0 Å². The molecule has 0 radical (unpaired) electrons. The Hall–Kier alpha value is -5.28. The quantitative estimate of drug-likeness (QED) is 0.235. The average molecular weight is 520 g/mol. The van der Waals surface area contributed by atoms with Gasteiger partial charge < -0.3 is 14.1 Å². The van der Waals surface area contributed by atoms with Crippen molar-refractivity contribution in [2.45, 2.75) is 0 Å². The predicted octanol–water partition coefficient (Wildman–Crippen LogP) is 9.52. The number of benzene rings is 6. The predicted molar refractivity (Wildman–Crippen MR) is 164 cm³/mol. The molecule has 0 aliphatic carbocycles. The number of H-pyrrole nitrogens is 1. The second-order valence-corrected chi connectivity index (χ2v) is 8.64. The highest BCUT2D eigenvalue weighted by Crippen LogP contribution is 2.36. The first-order chi connectivity index (χ1) is 28.5. The van der Waals surface area contributed by atoms with Gasteiger partial charge >= 0.3 is 0 Å². The molecule has 3 aromatic heterocycles. The van der Waals surface area contributed by atoms with Crippen LogP contribution in [0.5, 0.6) is 0 Å². The van der Waals surface area contributed by atoms with E-state index in [0.717, 1.165) is 9.13 Å². The van der Waals surface area contributed by atoms with Gasteiger partial charge in [0.05, 0.1) is 52.2 Å². The zero-order valence-corrected chi connectivity index (χ0v) is 19.4. The first-order valence-corrected chi connectivity index (χ1v) is 11.6. The summed E-state index contributed by atoms with van der Waals surface area (Å²) in [5.74, 6) is 0. The molecule has 0 amide bonds. The van der Waals surface area contributed by atoms with Crippen LogP contribution in [0.3, 0.4) is 0 Å². The lowest BCUT2D eigenvalue weighted by atomic mass is 10.1. The Bertz CT molecular complexity index is 3230. The third-order valence-corrected chi connectivity index (χ3v) is 6.61. The summed E-state index contributed by atoms with van der Waals surface area (Å²) in [4.78, 5) is 2.76. The fraction of sp³-hybridized carbons (Fsp3) is 0. The number of fused-ring (bicyclic) bond motifs is 9. The second-order valence-electron chi connectivity index (χ2n) is 8.64. The van der Waals surface area contributed by atoms with Gasteiger partial charge in [-0.25, -0.2) is 0 Å². The summed E-state index contributed by atoms with van der Waals surface area (Å²) in [6, 6.07) is -16.2. The number of aromatic amines is 1. The van der Waals surface area contributed by atoms with E-state index in [4.69, 9.17) is 24.7 Å². The van der Waals surface area contributed by atoms with Crippen LogP contribution in [0, 0.1) is 0 Å². The lowest BCUT2D eigenvalue weighted by Crippen LogP contribution is -1.94. The normalized spacial score (nSPS) is 20.0. The smallest absolute Gasteiger partial charge is 0.0652 e. The lowest BCUT2D eigenvalue weighted by molar-refractivity contribution is 1.18. The van der Waals surface area contributed by atoms with E-state index < -0.39 is 166 Å². The number of para-hydroxylation sites is 4. The molecular weight excluding hydrogens is 474 g/mol. The van der Waals surface area contributed by atoms with Crippen LogP contribution in [0.2, 0.25) is 0 Å². The van der Waals surface area contributed by atoms with E-state index in [-0.39, 0.29) is 43.4 Å². The van der Waals surface area contributed by atoms with E-state index in [0.29, 0.717) is 0 Å². The van der Waals surface area contributed by atoms with E-state index in [9.17, 15) is 5.48 Å². The molecule has 1 N–H and O–H groups in total. The maximum Gasteiger partial charge on any atom is 0.0652 e. The highest BCUT2D eigenvalue weighted by molar-refractivity contribution is 6.13. The van der Waals surface area contributed by atoms with E-state index in [1.807, 2.05) is 0 Å². The van der Waals surface area contributed by atoms with Gasteiger partial charge in [-0.15, -0.1) is 0 Å². The molecule has 3 heteroatoms. The molecule has 0 unspecified atom stereocenters.